The SMILES string of the molecule is C[C@@H](Oc1ccc(-c2ccc(Br)cc2)cc1)C(N)=O. The molecule has 0 unspecified atom stereocenters. The van der Waals surface area contributed by atoms with E-state index < -0.39 is 12.0 Å². The number of primary amides is 1. The molecule has 1 amide bonds. The molecule has 0 spiro atoms. The zero-order chi connectivity index (χ0) is 13.8. The smallest absolute Gasteiger partial charge is 0.258 e. The molecule has 0 aliphatic rings. The Morgan fingerprint density at radius 2 is 1.53 bits per heavy atom. The Hall–Kier alpha value is -1.81. The van der Waals surface area contributed by atoms with Gasteiger partial charge in [0.05, 0.1) is 0 Å². The average Bonchev–Trinajstić information content (AvgIpc) is 2.40. The molecule has 0 saturated carbocycles. The molecule has 2 aromatic carbocycles. The van der Waals surface area contributed by atoms with Crippen molar-refractivity contribution in [3.05, 3.63) is 53.0 Å². The summed E-state index contributed by atoms with van der Waals surface area (Å²) in [4.78, 5) is 10.9. The third-order valence-electron chi connectivity index (χ3n) is 2.75. The number of amides is 1. The van der Waals surface area contributed by atoms with Crippen molar-refractivity contribution in [1.29, 1.82) is 0 Å². The molecule has 4 heteroatoms. The molecular weight excluding hydrogens is 306 g/mol. The topological polar surface area (TPSA) is 52.3 Å². The molecule has 1 atom stereocenters. The predicted octanol–water partition coefficient (Wildman–Crippen LogP) is 3.37. The molecule has 2 aromatic rings. The predicted molar refractivity (Wildman–Crippen MR) is 78.9 cm³/mol. The van der Waals surface area contributed by atoms with Crippen LogP contribution in [0, 0.1) is 0 Å². The van der Waals surface area contributed by atoms with Gasteiger partial charge in [-0.15, -0.1) is 0 Å². The molecule has 19 heavy (non-hydrogen) atoms. The summed E-state index contributed by atoms with van der Waals surface area (Å²) in [6.07, 6.45) is -0.626. The molecule has 0 aliphatic heterocycles. The van der Waals surface area contributed by atoms with Crippen molar-refractivity contribution in [1.82, 2.24) is 0 Å². The van der Waals surface area contributed by atoms with E-state index in [0.29, 0.717) is 5.75 Å². The highest BCUT2D eigenvalue weighted by molar-refractivity contribution is 9.10. The van der Waals surface area contributed by atoms with Crippen LogP contribution in [0.15, 0.2) is 53.0 Å². The van der Waals surface area contributed by atoms with Crippen molar-refractivity contribution < 1.29 is 9.53 Å². The maximum absolute atomic E-state index is 10.9. The van der Waals surface area contributed by atoms with Gasteiger partial charge in [0.1, 0.15) is 5.75 Å². The number of hydrogen-bond donors (Lipinski definition) is 1. The first-order valence-corrected chi connectivity index (χ1v) is 6.67. The minimum atomic E-state index is -0.626. The maximum atomic E-state index is 10.9. The lowest BCUT2D eigenvalue weighted by molar-refractivity contribution is -0.123. The number of rotatable bonds is 4. The van der Waals surface area contributed by atoms with Crippen LogP contribution in [0.4, 0.5) is 0 Å². The monoisotopic (exact) mass is 319 g/mol. The van der Waals surface area contributed by atoms with Gasteiger partial charge in [-0.3, -0.25) is 4.79 Å². The number of ether oxygens (including phenoxy) is 1. The van der Waals surface area contributed by atoms with Crippen LogP contribution in [0.25, 0.3) is 11.1 Å². The molecule has 0 fully saturated rings. The van der Waals surface area contributed by atoms with Crippen LogP contribution in [0.5, 0.6) is 5.75 Å². The van der Waals surface area contributed by atoms with Gasteiger partial charge in [0.2, 0.25) is 0 Å². The number of carbonyl (C=O) groups is 1. The molecule has 0 aromatic heterocycles. The fraction of sp³-hybridized carbons (Fsp3) is 0.133. The first-order valence-electron chi connectivity index (χ1n) is 5.88. The first kappa shape index (κ1) is 13.6. The Balaban J connectivity index is 2.14. The van der Waals surface area contributed by atoms with E-state index in [2.05, 4.69) is 15.9 Å². The second-order valence-electron chi connectivity index (χ2n) is 4.19. The number of benzene rings is 2. The molecule has 3 nitrogen and oxygen atoms in total. The van der Waals surface area contributed by atoms with Crippen LogP contribution in [0.3, 0.4) is 0 Å². The highest BCUT2D eigenvalue weighted by atomic mass is 79.9. The lowest BCUT2D eigenvalue weighted by Gasteiger charge is -2.11. The Morgan fingerprint density at radius 1 is 1.05 bits per heavy atom. The van der Waals surface area contributed by atoms with Crippen LogP contribution in [-0.4, -0.2) is 12.0 Å². The third-order valence-corrected chi connectivity index (χ3v) is 3.27. The Morgan fingerprint density at radius 3 is 2.00 bits per heavy atom. The van der Waals surface area contributed by atoms with Gasteiger partial charge in [-0.25, -0.2) is 0 Å². The van der Waals surface area contributed by atoms with Gasteiger partial charge in [0.25, 0.3) is 5.91 Å². The van der Waals surface area contributed by atoms with E-state index in [1.807, 2.05) is 48.5 Å². The van der Waals surface area contributed by atoms with Gasteiger partial charge in [-0.2, -0.15) is 0 Å². The molecule has 2 rings (SSSR count). The summed E-state index contributed by atoms with van der Waals surface area (Å²) in [5.41, 5.74) is 7.36. The minimum absolute atomic E-state index is 0.475. The second-order valence-corrected chi connectivity index (χ2v) is 5.11. The molecule has 0 saturated heterocycles. The molecule has 0 heterocycles. The lowest BCUT2D eigenvalue weighted by Crippen LogP contribution is -2.30. The van der Waals surface area contributed by atoms with Crippen LogP contribution < -0.4 is 10.5 Å². The van der Waals surface area contributed by atoms with Gasteiger partial charge in [0.15, 0.2) is 6.10 Å². The Labute approximate surface area is 120 Å². The van der Waals surface area contributed by atoms with Crippen LogP contribution >= 0.6 is 15.9 Å². The van der Waals surface area contributed by atoms with E-state index in [1.54, 1.807) is 6.92 Å². The van der Waals surface area contributed by atoms with Crippen LogP contribution in [0.2, 0.25) is 0 Å². The molecule has 0 radical (unpaired) electrons. The standard InChI is InChI=1S/C15H14BrNO2/c1-10(15(17)18)19-14-8-4-12(5-9-14)11-2-6-13(16)7-3-11/h2-10H,1H3,(H2,17,18)/t10-/m1/s1. The summed E-state index contributed by atoms with van der Waals surface area (Å²) in [5, 5.41) is 0. The lowest BCUT2D eigenvalue weighted by atomic mass is 10.1. The number of nitrogens with two attached hydrogens (primary N) is 1. The molecule has 0 bridgehead atoms. The quantitative estimate of drug-likeness (QED) is 0.939. The number of carbonyl (C=O) groups excluding carboxylic acids is 1. The van der Waals surface area contributed by atoms with Gasteiger partial charge >= 0.3 is 0 Å². The molecule has 2 N–H and O–H groups in total. The zero-order valence-corrected chi connectivity index (χ0v) is 12.1. The maximum Gasteiger partial charge on any atom is 0.258 e. The number of halogens is 1. The van der Waals surface area contributed by atoms with Crippen molar-refractivity contribution in [2.45, 2.75) is 13.0 Å². The Kier molecular flexibility index (Phi) is 4.22. The van der Waals surface area contributed by atoms with Crippen molar-refractivity contribution in [2.24, 2.45) is 5.73 Å². The van der Waals surface area contributed by atoms with Gasteiger partial charge in [-0.1, -0.05) is 40.2 Å². The van der Waals surface area contributed by atoms with E-state index in [4.69, 9.17) is 10.5 Å². The Bertz CT molecular complexity index is 564. The van der Waals surface area contributed by atoms with E-state index in [1.165, 1.54) is 0 Å². The van der Waals surface area contributed by atoms with E-state index in [9.17, 15) is 4.79 Å². The van der Waals surface area contributed by atoms with Gasteiger partial charge in [-0.05, 0) is 42.3 Å². The second kappa shape index (κ2) is 5.89. The van der Waals surface area contributed by atoms with Crippen LogP contribution in [-0.2, 0) is 4.79 Å². The van der Waals surface area contributed by atoms with E-state index in [0.717, 1.165) is 15.6 Å². The molecular formula is C15H14BrNO2. The van der Waals surface area contributed by atoms with Crippen molar-refractivity contribution in [3.63, 3.8) is 0 Å². The highest BCUT2D eigenvalue weighted by Crippen LogP contribution is 2.24. The van der Waals surface area contributed by atoms with Crippen molar-refractivity contribution in [2.75, 3.05) is 0 Å². The molecule has 0 aliphatic carbocycles. The zero-order valence-electron chi connectivity index (χ0n) is 10.5. The fourth-order valence-electron chi connectivity index (χ4n) is 1.63. The first-order chi connectivity index (χ1) is 9.06. The fourth-order valence-corrected chi connectivity index (χ4v) is 1.89. The normalized spacial score (nSPS) is 11.9. The minimum Gasteiger partial charge on any atom is -0.481 e. The van der Waals surface area contributed by atoms with Crippen molar-refractivity contribution in [3.8, 4) is 16.9 Å². The molecule has 98 valence electrons. The summed E-state index contributed by atoms with van der Waals surface area (Å²) in [5.74, 6) is 0.157. The van der Waals surface area contributed by atoms with Gasteiger partial charge in [0, 0.05) is 4.47 Å². The summed E-state index contributed by atoms with van der Waals surface area (Å²) in [6.45, 7) is 1.63. The average molecular weight is 320 g/mol. The number of hydrogen-bond acceptors (Lipinski definition) is 2. The van der Waals surface area contributed by atoms with Crippen LogP contribution in [0.1, 0.15) is 6.92 Å². The van der Waals surface area contributed by atoms with E-state index in [-0.39, 0.29) is 0 Å². The van der Waals surface area contributed by atoms with Gasteiger partial charge < -0.3 is 10.5 Å². The largest absolute Gasteiger partial charge is 0.481 e. The summed E-state index contributed by atoms with van der Waals surface area (Å²) in [7, 11) is 0. The summed E-state index contributed by atoms with van der Waals surface area (Å²) in [6, 6.07) is 15.6. The third kappa shape index (κ3) is 3.58. The van der Waals surface area contributed by atoms with E-state index >= 15 is 0 Å². The van der Waals surface area contributed by atoms with Crippen molar-refractivity contribution >= 4 is 21.8 Å². The summed E-state index contributed by atoms with van der Waals surface area (Å²) >= 11 is 3.41. The highest BCUT2D eigenvalue weighted by Gasteiger charge is 2.09. The summed E-state index contributed by atoms with van der Waals surface area (Å²) < 4.78 is 6.45.